The number of halogens is 2. The van der Waals surface area contributed by atoms with E-state index in [4.69, 9.17) is 17.3 Å². The van der Waals surface area contributed by atoms with Crippen molar-refractivity contribution in [1.82, 2.24) is 5.32 Å². The highest BCUT2D eigenvalue weighted by Crippen LogP contribution is 2.26. The smallest absolute Gasteiger partial charge is 0.124 e. The van der Waals surface area contributed by atoms with Gasteiger partial charge in [-0.05, 0) is 30.5 Å². The molecule has 3 N–H and O–H groups in total. The number of rotatable bonds is 4. The zero-order chi connectivity index (χ0) is 13.7. The third-order valence-electron chi connectivity index (χ3n) is 3.87. The second-order valence-electron chi connectivity index (χ2n) is 5.31. The molecule has 0 aliphatic heterocycles. The molecule has 1 aliphatic rings. The Morgan fingerprint density at radius 3 is 2.53 bits per heavy atom. The highest BCUT2D eigenvalue weighted by Gasteiger charge is 2.19. The number of nitrogens with two attached hydrogens (primary N) is 1. The van der Waals surface area contributed by atoms with Crippen LogP contribution in [-0.2, 0) is 0 Å². The van der Waals surface area contributed by atoms with Crippen molar-refractivity contribution in [1.29, 1.82) is 0 Å². The van der Waals surface area contributed by atoms with E-state index in [1.807, 2.05) is 0 Å². The minimum Gasteiger partial charge on any atom is -0.329 e. The minimum atomic E-state index is -0.306. The van der Waals surface area contributed by atoms with Gasteiger partial charge < -0.3 is 11.1 Å². The first-order chi connectivity index (χ1) is 9.20. The monoisotopic (exact) mass is 284 g/mol. The van der Waals surface area contributed by atoms with Gasteiger partial charge in [-0.25, -0.2) is 4.39 Å². The predicted octanol–water partition coefficient (Wildman–Crippen LogP) is 3.79. The lowest BCUT2D eigenvalue weighted by Crippen LogP contribution is -2.36. The lowest BCUT2D eigenvalue weighted by Gasteiger charge is -2.25. The van der Waals surface area contributed by atoms with E-state index in [1.165, 1.54) is 50.7 Å². The minimum absolute atomic E-state index is 0.0104. The van der Waals surface area contributed by atoms with Crippen molar-refractivity contribution < 1.29 is 4.39 Å². The SMILES string of the molecule is NCC(NC1CCCCCC1)c1ccc(F)cc1Cl. The molecule has 0 radical (unpaired) electrons. The van der Waals surface area contributed by atoms with Crippen LogP contribution in [0.5, 0.6) is 0 Å². The summed E-state index contributed by atoms with van der Waals surface area (Å²) in [4.78, 5) is 0. The lowest BCUT2D eigenvalue weighted by molar-refractivity contribution is 0.402. The van der Waals surface area contributed by atoms with E-state index in [2.05, 4.69) is 5.32 Å². The Morgan fingerprint density at radius 2 is 1.95 bits per heavy atom. The van der Waals surface area contributed by atoms with Crippen molar-refractivity contribution in [2.75, 3.05) is 6.54 Å². The van der Waals surface area contributed by atoms with Crippen LogP contribution >= 0.6 is 11.6 Å². The van der Waals surface area contributed by atoms with Gasteiger partial charge in [0.1, 0.15) is 5.82 Å². The molecule has 106 valence electrons. The van der Waals surface area contributed by atoms with Crippen LogP contribution in [0.15, 0.2) is 18.2 Å². The van der Waals surface area contributed by atoms with Crippen molar-refractivity contribution in [3.63, 3.8) is 0 Å². The fourth-order valence-corrected chi connectivity index (χ4v) is 3.10. The van der Waals surface area contributed by atoms with Gasteiger partial charge in [0, 0.05) is 23.7 Å². The van der Waals surface area contributed by atoms with E-state index >= 15 is 0 Å². The molecule has 1 atom stereocenters. The third kappa shape index (κ3) is 4.16. The van der Waals surface area contributed by atoms with Crippen molar-refractivity contribution >= 4 is 11.6 Å². The maximum absolute atomic E-state index is 13.1. The van der Waals surface area contributed by atoms with Crippen molar-refractivity contribution in [2.45, 2.75) is 50.6 Å². The first-order valence-corrected chi connectivity index (χ1v) is 7.49. The summed E-state index contributed by atoms with van der Waals surface area (Å²) in [5.41, 5.74) is 6.75. The molecular formula is C15H22ClFN2. The molecule has 2 rings (SSSR count). The second kappa shape index (κ2) is 7.22. The van der Waals surface area contributed by atoms with Crippen LogP contribution in [0.2, 0.25) is 5.02 Å². The van der Waals surface area contributed by atoms with Gasteiger partial charge in [0.2, 0.25) is 0 Å². The van der Waals surface area contributed by atoms with Gasteiger partial charge in [-0.3, -0.25) is 0 Å². The Hall–Kier alpha value is -0.640. The standard InChI is InChI=1S/C15H22ClFN2/c16-14-9-11(17)7-8-13(14)15(10-18)19-12-5-3-1-2-4-6-12/h7-9,12,15,19H,1-6,10,18H2. The molecule has 0 saturated heterocycles. The van der Waals surface area contributed by atoms with Crippen molar-refractivity contribution in [3.05, 3.63) is 34.6 Å². The number of benzene rings is 1. The predicted molar refractivity (Wildman–Crippen MR) is 77.8 cm³/mol. The molecule has 1 aromatic carbocycles. The molecule has 1 saturated carbocycles. The summed E-state index contributed by atoms with van der Waals surface area (Å²) in [5.74, 6) is -0.306. The number of nitrogens with one attached hydrogen (secondary N) is 1. The Labute approximate surface area is 119 Å². The molecule has 1 fully saturated rings. The van der Waals surface area contributed by atoms with Gasteiger partial charge in [0.15, 0.2) is 0 Å². The van der Waals surface area contributed by atoms with E-state index in [0.29, 0.717) is 17.6 Å². The molecule has 2 nitrogen and oxygen atoms in total. The molecule has 0 aromatic heterocycles. The molecular weight excluding hydrogens is 263 g/mol. The molecule has 4 heteroatoms. The molecule has 1 unspecified atom stereocenters. The second-order valence-corrected chi connectivity index (χ2v) is 5.72. The van der Waals surface area contributed by atoms with E-state index in [1.54, 1.807) is 6.07 Å². The first-order valence-electron chi connectivity index (χ1n) is 7.12. The zero-order valence-electron chi connectivity index (χ0n) is 11.2. The number of hydrogen-bond donors (Lipinski definition) is 2. The van der Waals surface area contributed by atoms with E-state index < -0.39 is 0 Å². The summed E-state index contributed by atoms with van der Waals surface area (Å²) in [6.45, 7) is 0.474. The van der Waals surface area contributed by atoms with Gasteiger partial charge >= 0.3 is 0 Å². The van der Waals surface area contributed by atoms with Crippen LogP contribution in [0.25, 0.3) is 0 Å². The Morgan fingerprint density at radius 1 is 1.26 bits per heavy atom. The molecule has 0 amide bonds. The zero-order valence-corrected chi connectivity index (χ0v) is 11.9. The normalized spacial score (nSPS) is 19.1. The summed E-state index contributed by atoms with van der Waals surface area (Å²) >= 11 is 6.12. The number of hydrogen-bond acceptors (Lipinski definition) is 2. The van der Waals surface area contributed by atoms with E-state index in [9.17, 15) is 4.39 Å². The molecule has 0 heterocycles. The van der Waals surface area contributed by atoms with Crippen LogP contribution in [0.1, 0.15) is 50.1 Å². The highest BCUT2D eigenvalue weighted by atomic mass is 35.5. The fourth-order valence-electron chi connectivity index (χ4n) is 2.80. The first kappa shape index (κ1) is 14.8. The molecule has 19 heavy (non-hydrogen) atoms. The van der Waals surface area contributed by atoms with Gasteiger partial charge in [-0.15, -0.1) is 0 Å². The maximum atomic E-state index is 13.1. The van der Waals surface area contributed by atoms with E-state index in [-0.39, 0.29) is 11.9 Å². The van der Waals surface area contributed by atoms with Crippen molar-refractivity contribution in [2.24, 2.45) is 5.73 Å². The summed E-state index contributed by atoms with van der Waals surface area (Å²) < 4.78 is 13.1. The highest BCUT2D eigenvalue weighted by molar-refractivity contribution is 6.31. The van der Waals surface area contributed by atoms with Crippen LogP contribution in [-0.4, -0.2) is 12.6 Å². The topological polar surface area (TPSA) is 38.0 Å². The fraction of sp³-hybridized carbons (Fsp3) is 0.600. The Balaban J connectivity index is 2.06. The van der Waals surface area contributed by atoms with Gasteiger partial charge in [-0.1, -0.05) is 43.4 Å². The Bertz CT molecular complexity index is 403. The van der Waals surface area contributed by atoms with Crippen molar-refractivity contribution in [3.8, 4) is 0 Å². The molecule has 0 spiro atoms. The van der Waals surface area contributed by atoms with Crippen LogP contribution < -0.4 is 11.1 Å². The van der Waals surface area contributed by atoms with E-state index in [0.717, 1.165) is 5.56 Å². The third-order valence-corrected chi connectivity index (χ3v) is 4.19. The average molecular weight is 285 g/mol. The van der Waals surface area contributed by atoms with Gasteiger partial charge in [-0.2, -0.15) is 0 Å². The van der Waals surface area contributed by atoms with Gasteiger partial charge in [0.05, 0.1) is 0 Å². The summed E-state index contributed by atoms with van der Waals surface area (Å²) in [6.07, 6.45) is 7.56. The average Bonchev–Trinajstić information content (AvgIpc) is 2.65. The Kier molecular flexibility index (Phi) is 5.61. The molecule has 1 aromatic rings. The maximum Gasteiger partial charge on any atom is 0.124 e. The largest absolute Gasteiger partial charge is 0.329 e. The van der Waals surface area contributed by atoms with Crippen LogP contribution in [0.3, 0.4) is 0 Å². The molecule has 1 aliphatic carbocycles. The van der Waals surface area contributed by atoms with Crippen LogP contribution in [0.4, 0.5) is 4.39 Å². The summed E-state index contributed by atoms with van der Waals surface area (Å²) in [7, 11) is 0. The van der Waals surface area contributed by atoms with Crippen LogP contribution in [0, 0.1) is 5.82 Å². The summed E-state index contributed by atoms with van der Waals surface area (Å²) in [6, 6.07) is 5.04. The summed E-state index contributed by atoms with van der Waals surface area (Å²) in [5, 5.41) is 4.05. The molecule has 0 bridgehead atoms. The van der Waals surface area contributed by atoms with Gasteiger partial charge in [0.25, 0.3) is 0 Å². The quantitative estimate of drug-likeness (QED) is 0.826. The lowest BCUT2D eigenvalue weighted by atomic mass is 10.0.